The first-order chi connectivity index (χ1) is 46.1. The second kappa shape index (κ2) is 39.8. The largest absolute Gasteiger partial charge is 0.453 e. The van der Waals surface area contributed by atoms with E-state index in [0.29, 0.717) is 44.9 Å². The van der Waals surface area contributed by atoms with E-state index in [1.54, 1.807) is 26.0 Å². The fraction of sp³-hybridized carbons (Fsp3) is 0.757. The number of aliphatic hydroxyl groups is 16. The summed E-state index contributed by atoms with van der Waals surface area (Å²) in [5, 5.41) is 170. The summed E-state index contributed by atoms with van der Waals surface area (Å²) in [6.45, 7) is 23.5. The lowest BCUT2D eigenvalue weighted by atomic mass is 9.96. The van der Waals surface area contributed by atoms with Gasteiger partial charge in [-0.1, -0.05) is 70.4 Å². The Morgan fingerprint density at radius 3 is 1.31 bits per heavy atom. The minimum Gasteiger partial charge on any atom is -0.453 e. The van der Waals surface area contributed by atoms with Crippen molar-refractivity contribution in [3.8, 4) is 0 Å². The molecule has 0 aromatic heterocycles. The smallest absolute Gasteiger partial charge is 0.333 e. The molecule has 98 heavy (non-hydrogen) atoms. The van der Waals surface area contributed by atoms with Crippen molar-refractivity contribution in [3.63, 3.8) is 0 Å². The highest BCUT2D eigenvalue weighted by Gasteiger charge is 2.53. The van der Waals surface area contributed by atoms with Crippen molar-refractivity contribution in [2.24, 2.45) is 0 Å². The van der Waals surface area contributed by atoms with Gasteiger partial charge in [-0.3, -0.25) is 0 Å². The van der Waals surface area contributed by atoms with Crippen molar-refractivity contribution in [2.45, 2.75) is 311 Å². The average Bonchev–Trinajstić information content (AvgIpc) is 0.803. The third-order valence-corrected chi connectivity index (χ3v) is 18.7. The maximum Gasteiger partial charge on any atom is 0.333 e. The van der Waals surface area contributed by atoms with Gasteiger partial charge >= 0.3 is 5.97 Å². The molecule has 0 unspecified atom stereocenters. The van der Waals surface area contributed by atoms with E-state index in [0.717, 1.165) is 41.6 Å². The van der Waals surface area contributed by atoms with Crippen LogP contribution in [0.1, 0.15) is 140 Å². The zero-order chi connectivity index (χ0) is 73.1. The van der Waals surface area contributed by atoms with E-state index in [1.165, 1.54) is 32.4 Å². The molecule has 5 rings (SSSR count). The maximum atomic E-state index is 13.4. The van der Waals surface area contributed by atoms with E-state index in [9.17, 15) is 86.5 Å². The topological polar surface area (TPSA) is 442 Å². The summed E-state index contributed by atoms with van der Waals surface area (Å²) < 4.78 is 63.6. The monoisotopic (exact) mass is 1400 g/mol. The molecule has 5 fully saturated rings. The molecule has 0 aromatic rings. The molecule has 5 saturated heterocycles. The molecular formula is C70H114O28. The van der Waals surface area contributed by atoms with Crippen molar-refractivity contribution >= 4 is 5.97 Å². The van der Waals surface area contributed by atoms with Gasteiger partial charge in [-0.25, -0.2) is 4.79 Å². The number of allylic oxidation sites excluding steroid dienone is 8. The summed E-state index contributed by atoms with van der Waals surface area (Å²) in [4.78, 5) is 13.4. The summed E-state index contributed by atoms with van der Waals surface area (Å²) in [6, 6.07) is 0. The Hall–Kier alpha value is -3.65. The van der Waals surface area contributed by atoms with Gasteiger partial charge in [0.25, 0.3) is 0 Å². The molecule has 5 heterocycles. The summed E-state index contributed by atoms with van der Waals surface area (Å²) in [5.41, 5.74) is 3.08. The number of hydrogen-bond acceptors (Lipinski definition) is 28. The van der Waals surface area contributed by atoms with Gasteiger partial charge in [0.1, 0.15) is 104 Å². The van der Waals surface area contributed by atoms with Crippen molar-refractivity contribution in [2.75, 3.05) is 26.4 Å². The predicted molar refractivity (Wildman–Crippen MR) is 352 cm³/mol. The van der Waals surface area contributed by atoms with Crippen LogP contribution in [0.5, 0.6) is 0 Å². The highest BCUT2D eigenvalue weighted by atomic mass is 16.8. The number of ether oxygens (including phenoxy) is 11. The number of rotatable bonds is 36. The van der Waals surface area contributed by atoms with Crippen molar-refractivity contribution in [3.05, 3.63) is 95.2 Å². The molecule has 0 amide bonds. The Morgan fingerprint density at radius 1 is 0.459 bits per heavy atom. The summed E-state index contributed by atoms with van der Waals surface area (Å²) in [6.07, 6.45) is -17.4. The lowest BCUT2D eigenvalue weighted by Gasteiger charge is -2.46. The van der Waals surface area contributed by atoms with Gasteiger partial charge in [-0.15, -0.1) is 13.2 Å². The van der Waals surface area contributed by atoms with Crippen molar-refractivity contribution in [1.29, 1.82) is 0 Å². The van der Waals surface area contributed by atoms with Crippen molar-refractivity contribution in [1.82, 2.24) is 0 Å². The van der Waals surface area contributed by atoms with Gasteiger partial charge in [-0.2, -0.15) is 0 Å². The zero-order valence-electron chi connectivity index (χ0n) is 58.2. The predicted octanol–water partition coefficient (Wildman–Crippen LogP) is 0.910. The third kappa shape index (κ3) is 24.2. The van der Waals surface area contributed by atoms with Gasteiger partial charge in [0.2, 0.25) is 0 Å². The summed E-state index contributed by atoms with van der Waals surface area (Å²) in [7, 11) is 0. The minimum atomic E-state index is -1.91. The molecule has 5 aliphatic heterocycles. The Kier molecular flexibility index (Phi) is 34.6. The lowest BCUT2D eigenvalue weighted by molar-refractivity contribution is -0.362. The maximum absolute atomic E-state index is 13.4. The van der Waals surface area contributed by atoms with Gasteiger partial charge in [-0.05, 0) is 146 Å². The number of carbonyl (C=O) groups is 1. The first-order valence-electron chi connectivity index (χ1n) is 33.8. The molecule has 562 valence electrons. The van der Waals surface area contributed by atoms with E-state index in [1.807, 2.05) is 52.8 Å². The lowest BCUT2D eigenvalue weighted by Crippen LogP contribution is -2.64. The Balaban J connectivity index is 1.05. The highest BCUT2D eigenvalue weighted by molar-refractivity contribution is 5.88. The molecule has 0 aromatic carbocycles. The van der Waals surface area contributed by atoms with Crippen LogP contribution >= 0.6 is 0 Å². The summed E-state index contributed by atoms with van der Waals surface area (Å²) >= 11 is 0. The van der Waals surface area contributed by atoms with Crippen LogP contribution in [0.15, 0.2) is 95.2 Å². The Bertz CT molecular complexity index is 2660. The normalized spacial score (nSPS) is 38.2. The summed E-state index contributed by atoms with van der Waals surface area (Å²) in [5.74, 6) is -0.969. The van der Waals surface area contributed by atoms with E-state index in [4.69, 9.17) is 52.1 Å². The highest BCUT2D eigenvalue weighted by Crippen LogP contribution is 2.35. The van der Waals surface area contributed by atoms with Crippen LogP contribution < -0.4 is 0 Å². The molecule has 28 atom stereocenters. The average molecular weight is 1400 g/mol. The molecule has 28 heteroatoms. The third-order valence-electron chi connectivity index (χ3n) is 18.7. The van der Waals surface area contributed by atoms with E-state index < -0.39 is 197 Å². The molecule has 28 nitrogen and oxygen atoms in total. The first-order valence-corrected chi connectivity index (χ1v) is 33.8. The Labute approximate surface area is 574 Å². The van der Waals surface area contributed by atoms with E-state index in [-0.39, 0.29) is 18.6 Å². The van der Waals surface area contributed by atoms with Crippen LogP contribution in [0, 0.1) is 0 Å². The van der Waals surface area contributed by atoms with Gasteiger partial charge in [0.15, 0.2) is 37.6 Å². The fourth-order valence-corrected chi connectivity index (χ4v) is 11.8. The van der Waals surface area contributed by atoms with Crippen molar-refractivity contribution < 1.29 is 139 Å². The molecule has 0 spiro atoms. The van der Waals surface area contributed by atoms with Crippen LogP contribution in [0.25, 0.3) is 0 Å². The Morgan fingerprint density at radius 2 is 0.847 bits per heavy atom. The van der Waals surface area contributed by atoms with Crippen LogP contribution in [0.2, 0.25) is 0 Å². The molecule has 0 aliphatic carbocycles. The van der Waals surface area contributed by atoms with Crippen LogP contribution in [0.3, 0.4) is 0 Å². The van der Waals surface area contributed by atoms with Crippen LogP contribution in [-0.2, 0) is 56.9 Å². The SMILES string of the molecule is C=C[C@](C)(CC/C=C(\C)CC/C=C(\C)CC/C=C(/C)CO[C@@H]1O[C@@H](C)[C@H](O)[C@@H](O[C@@H]2O[C@H](CO[C@@H]3O[C@@H](C)[C@H](O)[C@@H](OC(=O)/C(C)=C/[C@H](O)C/C(C)=C/CC/C(C)=C/CC[C@@](C)(C=C)O[C@@H]4O[C@H](CO)[C@@H](O)[C@H](O)[C@H]4O)[C@H]3O)[C@@H](O)[C@H](O)[C@H]2O)[C@H]1O)O[C@@H]1O[C@H](CO)[C@@H](O)[C@H](O)[C@H]1O. The van der Waals surface area contributed by atoms with Gasteiger partial charge in [0, 0.05) is 5.57 Å². The minimum absolute atomic E-state index is 0.0298. The number of esters is 1. The number of aliphatic hydroxyl groups excluding tert-OH is 16. The molecule has 0 bridgehead atoms. The quantitative estimate of drug-likeness (QED) is 0.0235. The first kappa shape index (κ1) is 85.0. The van der Waals surface area contributed by atoms with E-state index >= 15 is 0 Å². The molecule has 5 aliphatic rings. The second-order valence-electron chi connectivity index (χ2n) is 27.2. The van der Waals surface area contributed by atoms with Gasteiger partial charge < -0.3 is 134 Å². The molecule has 16 N–H and O–H groups in total. The molecule has 0 saturated carbocycles. The fourth-order valence-electron chi connectivity index (χ4n) is 11.8. The number of carbonyl (C=O) groups excluding carboxylic acids is 1. The standard InChI is InChI=1S/C70H114O28/c1-13-69(11,97-67-57(83)53(79)50(76)45(32-71)92-67)28-18-26-37(4)21-15-20-36(3)23-17-25-40(7)34-88-64-60(86)62(49(75)43(10)90-64)96-66-56(82)55(81)52(78)47(94-66)35-89-65-59(85)61(48(74)42(9)91-65)95-63(87)41(8)31-44(73)30-39(6)24-16-22-38(5)27-19-29-70(12,14-2)98-68-58(84)54(80)51(77)46(33-72)93-68/h13-14,20,24-27,31,42-62,64-68,71-86H,1-2,15-19,21-23,28-30,32-35H2,3-12H3/b36-20+,37-26+,38-27+,39-24+,40-25-,41-31+/t42-,43-,44+,45+,46+,47+,48-,49-,50+,51+,52+,53-,54-,55-,56+,57+,58+,59+,60+,61+,62+,64+,65+,66-,67-,68-,69+,70+/m0/s1. The zero-order valence-corrected chi connectivity index (χ0v) is 58.2. The van der Waals surface area contributed by atoms with Crippen LogP contribution in [0.4, 0.5) is 0 Å². The molecular weight excluding hydrogens is 1290 g/mol. The van der Waals surface area contributed by atoms with E-state index in [2.05, 4.69) is 25.3 Å². The van der Waals surface area contributed by atoms with Gasteiger partial charge in [0.05, 0.1) is 55.9 Å². The van der Waals surface area contributed by atoms with Crippen LogP contribution in [-0.4, -0.2) is 285 Å². The number of hydrogen-bond donors (Lipinski definition) is 16. The molecule has 0 radical (unpaired) electrons. The second-order valence-corrected chi connectivity index (χ2v) is 27.2.